The zero-order valence-corrected chi connectivity index (χ0v) is 14.3. The van der Waals surface area contributed by atoms with Gasteiger partial charge in [-0.15, -0.1) is 0 Å². The summed E-state index contributed by atoms with van der Waals surface area (Å²) in [4.78, 5) is 11.9. The smallest absolute Gasteiger partial charge is 0.384 e. The molecule has 0 fully saturated rings. The lowest BCUT2D eigenvalue weighted by atomic mass is 10.1. The lowest BCUT2D eigenvalue weighted by Gasteiger charge is -2.15. The van der Waals surface area contributed by atoms with Crippen LogP contribution in [0.2, 0.25) is 5.02 Å². The summed E-state index contributed by atoms with van der Waals surface area (Å²) in [6.45, 7) is 2.42. The molecule has 0 saturated heterocycles. The predicted octanol–water partition coefficient (Wildman–Crippen LogP) is 4.79. The highest BCUT2D eigenvalue weighted by molar-refractivity contribution is 6.30. The predicted molar refractivity (Wildman–Crippen MR) is 92.6 cm³/mol. The minimum atomic E-state index is -4.51. The summed E-state index contributed by atoms with van der Waals surface area (Å²) in [7, 11) is 0. The molecule has 25 heavy (non-hydrogen) atoms. The first-order valence-electron chi connectivity index (χ1n) is 7.69. The van der Waals surface area contributed by atoms with Crippen LogP contribution in [-0.4, -0.2) is 12.5 Å². The van der Waals surface area contributed by atoms with Crippen molar-refractivity contribution in [3.8, 4) is 0 Å². The number of benzene rings is 2. The molecule has 2 aromatic carbocycles. The summed E-state index contributed by atoms with van der Waals surface area (Å²) in [5, 5.41) is 5.41. The number of carbonyl (C=O) groups excluding carboxylic acids is 1. The van der Waals surface area contributed by atoms with Gasteiger partial charge in [-0.2, -0.15) is 13.2 Å². The van der Waals surface area contributed by atoms with Crippen molar-refractivity contribution in [2.24, 2.45) is 0 Å². The van der Waals surface area contributed by atoms with Gasteiger partial charge in [0.25, 0.3) is 0 Å². The maximum absolute atomic E-state index is 13.0. The summed E-state index contributed by atoms with van der Waals surface area (Å²) in [5.41, 5.74) is 1.13. The third-order valence-electron chi connectivity index (χ3n) is 3.69. The number of nitrogens with one attached hydrogen (secondary N) is 2. The zero-order chi connectivity index (χ0) is 18.4. The van der Waals surface area contributed by atoms with E-state index in [0.29, 0.717) is 6.54 Å². The van der Waals surface area contributed by atoms with E-state index < -0.39 is 11.7 Å². The second kappa shape index (κ2) is 8.25. The van der Waals surface area contributed by atoms with Gasteiger partial charge in [0, 0.05) is 30.2 Å². The molecule has 0 radical (unpaired) electrons. The quantitative estimate of drug-likeness (QED) is 0.768. The topological polar surface area (TPSA) is 41.1 Å². The van der Waals surface area contributed by atoms with Crippen LogP contribution >= 0.6 is 11.6 Å². The standard InChI is InChI=1S/C18H18ClF3N2O/c1-12-4-2-3-5-13(12)11-24-17(25)8-9-23-16-7-6-14(19)10-15(16)18(20,21)22/h2-7,10,23H,8-9,11H2,1H3,(H,24,25). The van der Waals surface area contributed by atoms with Gasteiger partial charge >= 0.3 is 6.18 Å². The molecule has 1 amide bonds. The molecule has 134 valence electrons. The monoisotopic (exact) mass is 370 g/mol. The van der Waals surface area contributed by atoms with Crippen LogP contribution in [0.5, 0.6) is 0 Å². The van der Waals surface area contributed by atoms with Gasteiger partial charge in [0.05, 0.1) is 5.56 Å². The molecule has 0 atom stereocenters. The average Bonchev–Trinajstić information content (AvgIpc) is 2.54. The van der Waals surface area contributed by atoms with Crippen molar-refractivity contribution in [1.82, 2.24) is 5.32 Å². The second-order valence-electron chi connectivity index (χ2n) is 5.57. The van der Waals surface area contributed by atoms with Crippen LogP contribution in [0, 0.1) is 6.92 Å². The second-order valence-corrected chi connectivity index (χ2v) is 6.00. The van der Waals surface area contributed by atoms with Crippen LogP contribution in [0.4, 0.5) is 18.9 Å². The number of anilines is 1. The Balaban J connectivity index is 1.86. The molecule has 2 N–H and O–H groups in total. The first-order chi connectivity index (χ1) is 11.8. The maximum atomic E-state index is 13.0. The number of rotatable bonds is 6. The number of aryl methyl sites for hydroxylation is 1. The molecule has 0 aliphatic rings. The number of carbonyl (C=O) groups is 1. The Morgan fingerprint density at radius 2 is 1.88 bits per heavy atom. The van der Waals surface area contributed by atoms with Crippen molar-refractivity contribution >= 4 is 23.2 Å². The van der Waals surface area contributed by atoms with Crippen molar-refractivity contribution < 1.29 is 18.0 Å². The van der Waals surface area contributed by atoms with Gasteiger partial charge in [0.2, 0.25) is 5.91 Å². The summed E-state index contributed by atoms with van der Waals surface area (Å²) in [5.74, 6) is -0.238. The van der Waals surface area contributed by atoms with E-state index >= 15 is 0 Å². The fraction of sp³-hybridized carbons (Fsp3) is 0.278. The first kappa shape index (κ1) is 19.1. The van der Waals surface area contributed by atoms with Crippen LogP contribution in [0.15, 0.2) is 42.5 Å². The highest BCUT2D eigenvalue weighted by Gasteiger charge is 2.33. The molecular formula is C18H18ClF3N2O. The van der Waals surface area contributed by atoms with E-state index in [2.05, 4.69) is 10.6 Å². The number of halogens is 4. The van der Waals surface area contributed by atoms with Gasteiger partial charge in [0.15, 0.2) is 0 Å². The minimum absolute atomic E-state index is 0.00819. The van der Waals surface area contributed by atoms with E-state index in [1.165, 1.54) is 12.1 Å². The molecule has 0 unspecified atom stereocenters. The van der Waals surface area contributed by atoms with E-state index in [-0.39, 0.29) is 29.6 Å². The highest BCUT2D eigenvalue weighted by atomic mass is 35.5. The van der Waals surface area contributed by atoms with Crippen molar-refractivity contribution in [1.29, 1.82) is 0 Å². The van der Waals surface area contributed by atoms with Crippen molar-refractivity contribution in [2.75, 3.05) is 11.9 Å². The third-order valence-corrected chi connectivity index (χ3v) is 3.93. The number of hydrogen-bond donors (Lipinski definition) is 2. The van der Waals surface area contributed by atoms with Crippen LogP contribution in [0.3, 0.4) is 0 Å². The van der Waals surface area contributed by atoms with Gasteiger partial charge in [-0.05, 0) is 36.2 Å². The molecule has 2 aromatic rings. The van der Waals surface area contributed by atoms with Crippen LogP contribution < -0.4 is 10.6 Å². The van der Waals surface area contributed by atoms with Gasteiger partial charge in [-0.3, -0.25) is 4.79 Å². The van der Waals surface area contributed by atoms with E-state index in [4.69, 9.17) is 11.6 Å². The number of alkyl halides is 3. The lowest BCUT2D eigenvalue weighted by Crippen LogP contribution is -2.25. The van der Waals surface area contributed by atoms with Crippen molar-refractivity contribution in [3.63, 3.8) is 0 Å². The number of hydrogen-bond acceptors (Lipinski definition) is 2. The largest absolute Gasteiger partial charge is 0.418 e. The summed E-state index contributed by atoms with van der Waals surface area (Å²) < 4.78 is 38.9. The summed E-state index contributed by atoms with van der Waals surface area (Å²) >= 11 is 5.63. The fourth-order valence-corrected chi connectivity index (χ4v) is 2.48. The summed E-state index contributed by atoms with van der Waals surface area (Å²) in [6, 6.07) is 11.2. The molecular weight excluding hydrogens is 353 g/mol. The molecule has 7 heteroatoms. The Hall–Kier alpha value is -2.21. The number of amides is 1. The average molecular weight is 371 g/mol. The maximum Gasteiger partial charge on any atom is 0.418 e. The van der Waals surface area contributed by atoms with Gasteiger partial charge in [-0.25, -0.2) is 0 Å². The molecule has 0 spiro atoms. The van der Waals surface area contributed by atoms with Crippen LogP contribution in [0.25, 0.3) is 0 Å². The molecule has 3 nitrogen and oxygen atoms in total. The van der Waals surface area contributed by atoms with Crippen molar-refractivity contribution in [3.05, 3.63) is 64.2 Å². The van der Waals surface area contributed by atoms with Crippen molar-refractivity contribution in [2.45, 2.75) is 26.1 Å². The molecule has 0 aromatic heterocycles. The Bertz CT molecular complexity index is 747. The molecule has 0 aliphatic carbocycles. The van der Waals surface area contributed by atoms with Crippen LogP contribution in [0.1, 0.15) is 23.1 Å². The molecule has 2 rings (SSSR count). The Morgan fingerprint density at radius 3 is 2.56 bits per heavy atom. The fourth-order valence-electron chi connectivity index (χ4n) is 2.31. The normalized spacial score (nSPS) is 11.2. The van der Waals surface area contributed by atoms with Gasteiger partial charge in [-0.1, -0.05) is 35.9 Å². The Morgan fingerprint density at radius 1 is 1.16 bits per heavy atom. The minimum Gasteiger partial charge on any atom is -0.384 e. The Labute approximate surface area is 149 Å². The van der Waals surface area contributed by atoms with Crippen LogP contribution in [-0.2, 0) is 17.5 Å². The van der Waals surface area contributed by atoms with Gasteiger partial charge in [0.1, 0.15) is 0 Å². The SMILES string of the molecule is Cc1ccccc1CNC(=O)CCNc1ccc(Cl)cc1C(F)(F)F. The summed E-state index contributed by atoms with van der Waals surface area (Å²) in [6.07, 6.45) is -4.45. The molecule has 0 heterocycles. The molecule has 0 saturated carbocycles. The Kier molecular flexibility index (Phi) is 6.31. The van der Waals surface area contributed by atoms with E-state index in [9.17, 15) is 18.0 Å². The highest BCUT2D eigenvalue weighted by Crippen LogP contribution is 2.36. The van der Waals surface area contributed by atoms with Gasteiger partial charge < -0.3 is 10.6 Å². The zero-order valence-electron chi connectivity index (χ0n) is 13.6. The molecule has 0 aliphatic heterocycles. The van der Waals surface area contributed by atoms with E-state index in [0.717, 1.165) is 17.2 Å². The first-order valence-corrected chi connectivity index (χ1v) is 8.07. The van der Waals surface area contributed by atoms with E-state index in [1.54, 1.807) is 0 Å². The molecule has 0 bridgehead atoms. The third kappa shape index (κ3) is 5.67. The van der Waals surface area contributed by atoms with E-state index in [1.807, 2.05) is 31.2 Å². The lowest BCUT2D eigenvalue weighted by molar-refractivity contribution is -0.137.